The fraction of sp³-hybridized carbons (Fsp3) is 0.457. The summed E-state index contributed by atoms with van der Waals surface area (Å²) in [5.74, 6) is -4.16. The predicted octanol–water partition coefficient (Wildman–Crippen LogP) is 2.62. The van der Waals surface area contributed by atoms with Gasteiger partial charge in [-0.05, 0) is 72.7 Å². The van der Waals surface area contributed by atoms with Crippen LogP contribution in [0, 0.1) is 21.4 Å². The lowest BCUT2D eigenvalue weighted by atomic mass is 9.92. The summed E-state index contributed by atoms with van der Waals surface area (Å²) in [6.07, 6.45) is 0.941. The summed E-state index contributed by atoms with van der Waals surface area (Å²) in [6.45, 7) is 9.01. The van der Waals surface area contributed by atoms with Gasteiger partial charge in [-0.25, -0.2) is 9.59 Å². The molecule has 2 aromatic rings. The second-order valence-electron chi connectivity index (χ2n) is 13.8. The number of rotatable bonds is 21. The van der Waals surface area contributed by atoms with Gasteiger partial charge in [-0.1, -0.05) is 46.8 Å². The van der Waals surface area contributed by atoms with Crippen LogP contribution in [-0.4, -0.2) is 81.1 Å². The highest BCUT2D eigenvalue weighted by Gasteiger charge is 2.28. The summed E-state index contributed by atoms with van der Waals surface area (Å²) < 4.78 is 0. The smallest absolute Gasteiger partial charge is 0.327 e. The van der Waals surface area contributed by atoms with E-state index in [0.29, 0.717) is 16.9 Å². The van der Waals surface area contributed by atoms with Crippen LogP contribution >= 0.6 is 0 Å². The first-order valence-corrected chi connectivity index (χ1v) is 16.6. The molecule has 0 fully saturated rings. The fourth-order valence-electron chi connectivity index (χ4n) is 4.85. The van der Waals surface area contributed by atoms with Gasteiger partial charge in [0.25, 0.3) is 6.20 Å². The molecule has 9 N–H and O–H groups in total. The van der Waals surface area contributed by atoms with Gasteiger partial charge >= 0.3 is 11.9 Å². The Balaban J connectivity index is 1.97. The molecule has 3 unspecified atom stereocenters. The van der Waals surface area contributed by atoms with E-state index in [1.54, 1.807) is 24.3 Å². The van der Waals surface area contributed by atoms with E-state index in [9.17, 15) is 49.4 Å². The van der Waals surface area contributed by atoms with E-state index >= 15 is 0 Å². The van der Waals surface area contributed by atoms with Crippen molar-refractivity contribution in [3.63, 3.8) is 0 Å². The van der Waals surface area contributed by atoms with E-state index in [2.05, 4.69) is 31.9 Å². The number of carboxylic acid groups (broad SMARTS) is 2. The first-order valence-electron chi connectivity index (χ1n) is 16.6. The Morgan fingerprint density at radius 1 is 0.808 bits per heavy atom. The number of carboxylic acids is 2. The molecule has 0 spiro atoms. The maximum atomic E-state index is 13.2. The van der Waals surface area contributed by atoms with Gasteiger partial charge in [0.15, 0.2) is 5.82 Å². The van der Waals surface area contributed by atoms with Gasteiger partial charge in [-0.2, -0.15) is 0 Å². The number of hydrogen-bond acceptors (Lipinski definition) is 11. The number of nitrogens with zero attached hydrogens (tertiary/aromatic N) is 1. The number of aromatic hydroxyl groups is 1. The van der Waals surface area contributed by atoms with E-state index in [4.69, 9.17) is 0 Å². The van der Waals surface area contributed by atoms with Crippen molar-refractivity contribution in [3.8, 4) is 5.75 Å². The van der Waals surface area contributed by atoms with E-state index in [-0.39, 0.29) is 61.7 Å². The third kappa shape index (κ3) is 16.8. The fourth-order valence-corrected chi connectivity index (χ4v) is 4.85. The van der Waals surface area contributed by atoms with Crippen molar-refractivity contribution in [2.24, 2.45) is 11.3 Å². The van der Waals surface area contributed by atoms with Crippen LogP contribution in [0.5, 0.6) is 5.75 Å². The lowest BCUT2D eigenvalue weighted by Gasteiger charge is -2.23. The predicted molar refractivity (Wildman–Crippen MR) is 193 cm³/mol. The van der Waals surface area contributed by atoms with Crippen LogP contribution in [-0.2, 0) is 30.4 Å². The van der Waals surface area contributed by atoms with Crippen LogP contribution in [0.1, 0.15) is 59.4 Å². The highest BCUT2D eigenvalue weighted by Crippen LogP contribution is 2.19. The van der Waals surface area contributed by atoms with Crippen LogP contribution in [0.4, 0.5) is 11.4 Å². The quantitative estimate of drug-likeness (QED) is 0.0388. The molecule has 0 saturated heterocycles. The molecule has 0 aliphatic rings. The molecule has 0 radical (unpaired) electrons. The molecule has 3 atom stereocenters. The number of nitro groups is 1. The van der Waals surface area contributed by atoms with Gasteiger partial charge in [-0.3, -0.25) is 24.5 Å². The summed E-state index contributed by atoms with van der Waals surface area (Å²) >= 11 is 0. The van der Waals surface area contributed by atoms with Gasteiger partial charge in [-0.15, -0.1) is 0 Å². The number of nitrogens with one attached hydrogen (secondary N) is 6. The molecular weight excluding hydrogens is 678 g/mol. The number of aliphatic carboxylic acids is 2. The van der Waals surface area contributed by atoms with Crippen LogP contribution < -0.4 is 31.9 Å². The number of phenols is 1. The number of anilines is 2. The summed E-state index contributed by atoms with van der Waals surface area (Å²) in [5, 5.41) is 56.0. The molecule has 0 saturated carbocycles. The van der Waals surface area contributed by atoms with Crippen molar-refractivity contribution in [2.45, 2.75) is 78.4 Å². The topological polar surface area (TPSA) is 261 Å². The largest absolute Gasteiger partial charge is 0.508 e. The molecule has 0 aliphatic carbocycles. The van der Waals surface area contributed by atoms with E-state index in [1.165, 1.54) is 24.3 Å². The Morgan fingerprint density at radius 2 is 1.35 bits per heavy atom. The Morgan fingerprint density at radius 3 is 1.85 bits per heavy atom. The summed E-state index contributed by atoms with van der Waals surface area (Å²) in [5.41, 5.74) is 1.19. The summed E-state index contributed by atoms with van der Waals surface area (Å²) in [6, 6.07) is 8.76. The Labute approximate surface area is 301 Å². The number of amides is 3. The zero-order valence-electron chi connectivity index (χ0n) is 29.9. The van der Waals surface area contributed by atoms with Crippen LogP contribution in [0.3, 0.4) is 0 Å². The number of carbonyl (C=O) groups is 5. The lowest BCUT2D eigenvalue weighted by molar-refractivity contribution is -0.403. The van der Waals surface area contributed by atoms with Gasteiger partial charge in [0.05, 0.1) is 11.3 Å². The molecule has 0 heterocycles. The number of phenolic OH excluding ortho intramolecular Hbond substituents is 1. The highest BCUT2D eigenvalue weighted by atomic mass is 16.6. The maximum absolute atomic E-state index is 13.2. The van der Waals surface area contributed by atoms with E-state index in [0.717, 1.165) is 6.20 Å². The van der Waals surface area contributed by atoms with Gasteiger partial charge in [0.2, 0.25) is 17.7 Å². The van der Waals surface area contributed by atoms with Crippen molar-refractivity contribution in [1.29, 1.82) is 0 Å². The zero-order valence-corrected chi connectivity index (χ0v) is 29.9. The first-order chi connectivity index (χ1) is 24.3. The molecule has 0 aromatic heterocycles. The van der Waals surface area contributed by atoms with Crippen LogP contribution in [0.15, 0.2) is 60.6 Å². The van der Waals surface area contributed by atoms with Gasteiger partial charge in [0.1, 0.15) is 23.9 Å². The molecule has 17 heteroatoms. The van der Waals surface area contributed by atoms with Crippen molar-refractivity contribution in [1.82, 2.24) is 21.3 Å². The number of benzene rings is 2. The second-order valence-corrected chi connectivity index (χ2v) is 13.8. The minimum Gasteiger partial charge on any atom is -0.508 e. The van der Waals surface area contributed by atoms with Crippen molar-refractivity contribution in [3.05, 3.63) is 76.2 Å². The average molecular weight is 728 g/mol. The van der Waals surface area contributed by atoms with Crippen LogP contribution in [0.2, 0.25) is 0 Å². The minimum atomic E-state index is -1.39. The molecule has 2 aromatic carbocycles. The minimum absolute atomic E-state index is 0.0258. The molecule has 284 valence electrons. The van der Waals surface area contributed by atoms with E-state index < -0.39 is 52.7 Å². The third-order valence-electron chi connectivity index (χ3n) is 7.23. The maximum Gasteiger partial charge on any atom is 0.327 e. The third-order valence-corrected chi connectivity index (χ3v) is 7.23. The zero-order chi connectivity index (χ0) is 39.0. The van der Waals surface area contributed by atoms with Crippen molar-refractivity contribution in [2.75, 3.05) is 23.7 Å². The summed E-state index contributed by atoms with van der Waals surface area (Å²) in [4.78, 5) is 72.5. The highest BCUT2D eigenvalue weighted by molar-refractivity contribution is 5.91. The van der Waals surface area contributed by atoms with Gasteiger partial charge < -0.3 is 47.2 Å². The summed E-state index contributed by atoms with van der Waals surface area (Å²) in [7, 11) is 0. The van der Waals surface area contributed by atoms with Gasteiger partial charge in [0, 0.05) is 24.3 Å². The van der Waals surface area contributed by atoms with E-state index in [1.807, 2.05) is 34.6 Å². The number of carbonyl (C=O) groups excluding carboxylic acids is 3. The van der Waals surface area contributed by atoms with Crippen molar-refractivity contribution < 1.29 is 44.2 Å². The molecule has 17 nitrogen and oxygen atoms in total. The van der Waals surface area contributed by atoms with Crippen LogP contribution in [0.25, 0.3) is 0 Å². The normalized spacial score (nSPS) is 13.3. The molecule has 3 amide bonds. The standard InChI is InChI=1S/C35H49N7O10/c1-21(2)16-27(32(46)41-28(34(49)50)19-36-15-14-26(33(47)48)39-31(45)18-35(3,4)5)40-30(44)17-22-6-8-23(9-7-22)37-29(20-42(51)52)38-24-10-12-25(43)13-11-24/h6-13,20-21,26-28,36-38,43H,14-19H2,1-5H3,(H,39,45)(H,40,44)(H,41,46)(H,47,48)(H,49,50). The Kier molecular flexibility index (Phi) is 16.5. The molecule has 52 heavy (non-hydrogen) atoms. The number of hydrogen-bond donors (Lipinski definition) is 9. The molecule has 2 rings (SSSR count). The lowest BCUT2D eigenvalue weighted by Crippen LogP contribution is -2.55. The van der Waals surface area contributed by atoms with Crippen molar-refractivity contribution >= 4 is 41.0 Å². The second kappa shape index (κ2) is 20.2. The molecule has 0 bridgehead atoms. The average Bonchev–Trinajstić information content (AvgIpc) is 3.01. The monoisotopic (exact) mass is 727 g/mol. The Hall–Kier alpha value is -5.71. The first kappa shape index (κ1) is 42.5. The Bertz CT molecular complexity index is 1570. The SMILES string of the molecule is CC(C)CC(NC(=O)Cc1ccc(NC(=C[N+](=O)[O-])Nc2ccc(O)cc2)cc1)C(=O)NC(CNCCC(NC(=O)CC(C)(C)C)C(=O)O)C(=O)O. The molecular formula is C35H49N7O10. The molecule has 0 aliphatic heterocycles.